The van der Waals surface area contributed by atoms with Gasteiger partial charge < -0.3 is 15.7 Å². The number of hydrogen-bond donors (Lipinski definition) is 3. The van der Waals surface area contributed by atoms with Crippen molar-refractivity contribution in [3.8, 4) is 0 Å². The third-order valence-electron chi connectivity index (χ3n) is 2.90. The van der Waals surface area contributed by atoms with Crippen molar-refractivity contribution >= 4 is 33.6 Å². The van der Waals surface area contributed by atoms with Crippen LogP contribution in [0.1, 0.15) is 25.3 Å². The molecule has 0 spiro atoms. The largest absolute Gasteiger partial charge is 0.481 e. The van der Waals surface area contributed by atoms with E-state index in [1.165, 1.54) is 0 Å². The molecule has 3 N–H and O–H groups in total. The van der Waals surface area contributed by atoms with E-state index in [1.54, 1.807) is 0 Å². The first-order valence-electron chi connectivity index (χ1n) is 6.41. The number of urea groups is 1. The van der Waals surface area contributed by atoms with E-state index in [0.717, 1.165) is 15.7 Å². The summed E-state index contributed by atoms with van der Waals surface area (Å²) in [6, 6.07) is 5.33. The minimum Gasteiger partial charge on any atom is -0.481 e. The molecule has 110 valence electrons. The van der Waals surface area contributed by atoms with E-state index >= 15 is 0 Å². The van der Waals surface area contributed by atoms with Crippen LogP contribution in [0.5, 0.6) is 0 Å². The fourth-order valence-electron chi connectivity index (χ4n) is 1.67. The number of aliphatic carboxylic acids is 1. The normalized spacial score (nSPS) is 11.8. The zero-order valence-corrected chi connectivity index (χ0v) is 13.2. The average molecular weight is 343 g/mol. The predicted octanol–water partition coefficient (Wildman–Crippen LogP) is 3.38. The average Bonchev–Trinajstić information content (AvgIpc) is 2.37. The van der Waals surface area contributed by atoms with Crippen LogP contribution in [0.2, 0.25) is 0 Å². The lowest BCUT2D eigenvalue weighted by molar-refractivity contribution is -0.137. The number of hydrogen-bond acceptors (Lipinski definition) is 2. The van der Waals surface area contributed by atoms with Crippen LogP contribution in [0.3, 0.4) is 0 Å². The van der Waals surface area contributed by atoms with Crippen molar-refractivity contribution in [2.24, 2.45) is 5.92 Å². The van der Waals surface area contributed by atoms with Gasteiger partial charge in [-0.05, 0) is 43.0 Å². The van der Waals surface area contributed by atoms with Gasteiger partial charge in [-0.3, -0.25) is 4.79 Å². The Labute approximate surface area is 126 Å². The number of nitrogens with one attached hydrogen (secondary N) is 2. The Bertz CT molecular complexity index is 491. The summed E-state index contributed by atoms with van der Waals surface area (Å²) in [5.74, 6) is -0.686. The maximum absolute atomic E-state index is 11.7. The third-order valence-corrected chi connectivity index (χ3v) is 3.39. The second kappa shape index (κ2) is 7.89. The number of carboxylic acid groups (broad SMARTS) is 1. The number of carboxylic acids is 1. The van der Waals surface area contributed by atoms with Gasteiger partial charge in [0.15, 0.2) is 0 Å². The quantitative estimate of drug-likeness (QED) is 0.741. The summed E-state index contributed by atoms with van der Waals surface area (Å²) in [6.07, 6.45) is 0.670. The summed E-state index contributed by atoms with van der Waals surface area (Å²) in [7, 11) is 0. The number of rotatable bonds is 6. The minimum absolute atomic E-state index is 0.121. The summed E-state index contributed by atoms with van der Waals surface area (Å²) in [4.78, 5) is 22.2. The van der Waals surface area contributed by atoms with Crippen LogP contribution in [0, 0.1) is 12.8 Å². The van der Waals surface area contributed by atoms with E-state index < -0.39 is 5.97 Å². The molecule has 0 aliphatic rings. The lowest BCUT2D eigenvalue weighted by atomic mass is 10.1. The molecule has 2 amide bonds. The Balaban J connectivity index is 2.38. The summed E-state index contributed by atoms with van der Waals surface area (Å²) in [6.45, 7) is 4.28. The molecule has 0 fully saturated rings. The van der Waals surface area contributed by atoms with Gasteiger partial charge in [-0.15, -0.1) is 0 Å². The van der Waals surface area contributed by atoms with E-state index in [-0.39, 0.29) is 18.4 Å². The van der Waals surface area contributed by atoms with Gasteiger partial charge in [0, 0.05) is 23.1 Å². The number of amides is 2. The van der Waals surface area contributed by atoms with Crippen LogP contribution in [-0.2, 0) is 4.79 Å². The molecule has 0 radical (unpaired) electrons. The summed E-state index contributed by atoms with van der Waals surface area (Å²) < 4.78 is 0.961. The monoisotopic (exact) mass is 342 g/mol. The molecule has 1 unspecified atom stereocenters. The van der Waals surface area contributed by atoms with Gasteiger partial charge in [0.25, 0.3) is 0 Å². The lowest BCUT2D eigenvalue weighted by Gasteiger charge is -2.13. The van der Waals surface area contributed by atoms with Gasteiger partial charge in [-0.2, -0.15) is 0 Å². The van der Waals surface area contributed by atoms with Gasteiger partial charge in [-0.1, -0.05) is 22.9 Å². The van der Waals surface area contributed by atoms with Crippen molar-refractivity contribution in [3.05, 3.63) is 28.2 Å². The van der Waals surface area contributed by atoms with Crippen LogP contribution in [0.15, 0.2) is 22.7 Å². The van der Waals surface area contributed by atoms with Gasteiger partial charge in [-0.25, -0.2) is 4.79 Å². The molecule has 0 aromatic heterocycles. The Morgan fingerprint density at radius 3 is 2.70 bits per heavy atom. The van der Waals surface area contributed by atoms with Crippen LogP contribution >= 0.6 is 15.9 Å². The van der Waals surface area contributed by atoms with Gasteiger partial charge in [0.2, 0.25) is 0 Å². The van der Waals surface area contributed by atoms with Gasteiger partial charge in [0.05, 0.1) is 0 Å². The highest BCUT2D eigenvalue weighted by Gasteiger charge is 2.08. The zero-order valence-electron chi connectivity index (χ0n) is 11.6. The molecule has 1 rings (SSSR count). The number of carbonyl (C=O) groups is 2. The number of aryl methyl sites for hydroxylation is 1. The van der Waals surface area contributed by atoms with Crippen LogP contribution in [0.4, 0.5) is 10.5 Å². The first-order chi connectivity index (χ1) is 9.38. The molecule has 5 nitrogen and oxygen atoms in total. The predicted molar refractivity (Wildman–Crippen MR) is 81.9 cm³/mol. The topological polar surface area (TPSA) is 78.4 Å². The molecule has 0 bridgehead atoms. The third kappa shape index (κ3) is 6.06. The van der Waals surface area contributed by atoms with Crippen molar-refractivity contribution in [2.45, 2.75) is 26.7 Å². The highest BCUT2D eigenvalue weighted by atomic mass is 79.9. The molecule has 1 aromatic rings. The lowest BCUT2D eigenvalue weighted by Crippen LogP contribution is -2.32. The Morgan fingerprint density at radius 2 is 2.10 bits per heavy atom. The van der Waals surface area contributed by atoms with Crippen LogP contribution < -0.4 is 10.6 Å². The molecular formula is C14H19BrN2O3. The zero-order chi connectivity index (χ0) is 15.1. The van der Waals surface area contributed by atoms with Crippen molar-refractivity contribution in [1.82, 2.24) is 5.32 Å². The standard InChI is InChI=1S/C14H19BrN2O3/c1-9(3-6-13(18)19)8-16-14(20)17-12-5-4-11(15)7-10(12)2/h4-5,7,9H,3,6,8H2,1-2H3,(H,18,19)(H2,16,17,20). The van der Waals surface area contributed by atoms with Crippen molar-refractivity contribution in [1.29, 1.82) is 0 Å². The fraction of sp³-hybridized carbons (Fsp3) is 0.429. The first-order valence-corrected chi connectivity index (χ1v) is 7.20. The molecule has 0 saturated carbocycles. The molecule has 6 heteroatoms. The van der Waals surface area contributed by atoms with E-state index in [2.05, 4.69) is 26.6 Å². The maximum Gasteiger partial charge on any atom is 0.319 e. The second-order valence-electron chi connectivity index (χ2n) is 4.83. The molecular weight excluding hydrogens is 324 g/mol. The number of carbonyl (C=O) groups excluding carboxylic acids is 1. The first kappa shape index (κ1) is 16.5. The highest BCUT2D eigenvalue weighted by molar-refractivity contribution is 9.10. The van der Waals surface area contributed by atoms with Gasteiger partial charge >= 0.3 is 12.0 Å². The van der Waals surface area contributed by atoms with E-state index in [1.807, 2.05) is 32.0 Å². The van der Waals surface area contributed by atoms with Crippen molar-refractivity contribution in [3.63, 3.8) is 0 Å². The van der Waals surface area contributed by atoms with E-state index in [9.17, 15) is 9.59 Å². The molecule has 0 saturated heterocycles. The molecule has 0 aliphatic carbocycles. The fourth-order valence-corrected chi connectivity index (χ4v) is 2.15. The summed E-state index contributed by atoms with van der Waals surface area (Å²) in [5.41, 5.74) is 1.72. The number of halogens is 1. The highest BCUT2D eigenvalue weighted by Crippen LogP contribution is 2.19. The number of benzene rings is 1. The summed E-state index contributed by atoms with van der Waals surface area (Å²) >= 11 is 3.36. The minimum atomic E-state index is -0.813. The van der Waals surface area contributed by atoms with E-state index in [0.29, 0.717) is 13.0 Å². The molecule has 0 heterocycles. The van der Waals surface area contributed by atoms with Crippen LogP contribution in [0.25, 0.3) is 0 Å². The number of anilines is 1. The summed E-state index contributed by atoms with van der Waals surface area (Å²) in [5, 5.41) is 14.1. The maximum atomic E-state index is 11.7. The smallest absolute Gasteiger partial charge is 0.319 e. The Kier molecular flexibility index (Phi) is 6.51. The van der Waals surface area contributed by atoms with Crippen molar-refractivity contribution < 1.29 is 14.7 Å². The van der Waals surface area contributed by atoms with E-state index in [4.69, 9.17) is 5.11 Å². The molecule has 0 aliphatic heterocycles. The van der Waals surface area contributed by atoms with Crippen molar-refractivity contribution in [2.75, 3.05) is 11.9 Å². The molecule has 1 aromatic carbocycles. The second-order valence-corrected chi connectivity index (χ2v) is 5.75. The SMILES string of the molecule is Cc1cc(Br)ccc1NC(=O)NCC(C)CCC(=O)O. The Morgan fingerprint density at radius 1 is 1.40 bits per heavy atom. The molecule has 1 atom stereocenters. The Hall–Kier alpha value is -1.56. The van der Waals surface area contributed by atoms with Crippen LogP contribution in [-0.4, -0.2) is 23.7 Å². The molecule has 20 heavy (non-hydrogen) atoms. The van der Waals surface area contributed by atoms with Gasteiger partial charge in [0.1, 0.15) is 0 Å².